The molecule has 192 valence electrons. The zero-order chi connectivity index (χ0) is 26.3. The summed E-state index contributed by atoms with van der Waals surface area (Å²) in [5.74, 6) is -0.218. The van der Waals surface area contributed by atoms with Gasteiger partial charge in [0, 0.05) is 17.6 Å². The van der Waals surface area contributed by atoms with Crippen LogP contribution < -0.4 is 14.4 Å². The van der Waals surface area contributed by atoms with Crippen LogP contribution in [-0.4, -0.2) is 57.1 Å². The Bertz CT molecular complexity index is 1160. The molecular weight excluding hydrogens is 490 g/mol. The van der Waals surface area contributed by atoms with Crippen LogP contribution in [0.4, 0.5) is 5.69 Å². The van der Waals surface area contributed by atoms with E-state index in [1.54, 1.807) is 57.4 Å². The number of methoxy groups -OCH3 is 1. The van der Waals surface area contributed by atoms with Crippen LogP contribution in [0.3, 0.4) is 0 Å². The third kappa shape index (κ3) is 7.86. The van der Waals surface area contributed by atoms with Crippen molar-refractivity contribution in [3.63, 3.8) is 0 Å². The summed E-state index contributed by atoms with van der Waals surface area (Å²) in [5, 5.41) is 3.36. The second kappa shape index (κ2) is 12.3. The molecule has 35 heavy (non-hydrogen) atoms. The average molecular weight is 524 g/mol. The first kappa shape index (κ1) is 28.5. The van der Waals surface area contributed by atoms with Crippen molar-refractivity contribution in [2.75, 3.05) is 24.2 Å². The highest BCUT2D eigenvalue weighted by atomic mass is 35.5. The van der Waals surface area contributed by atoms with E-state index in [9.17, 15) is 18.0 Å². The zero-order valence-electron chi connectivity index (χ0n) is 21.0. The number of amides is 2. The summed E-state index contributed by atoms with van der Waals surface area (Å²) < 4.78 is 31.7. The molecule has 2 atom stereocenters. The van der Waals surface area contributed by atoms with Gasteiger partial charge in [0.2, 0.25) is 21.8 Å². The van der Waals surface area contributed by atoms with Gasteiger partial charge in [-0.05, 0) is 68.7 Å². The number of halogens is 1. The molecule has 0 radical (unpaired) electrons. The van der Waals surface area contributed by atoms with Crippen molar-refractivity contribution in [3.05, 3.63) is 58.6 Å². The first-order chi connectivity index (χ1) is 16.4. The number of benzene rings is 2. The number of sulfonamides is 1. The van der Waals surface area contributed by atoms with Crippen LogP contribution in [-0.2, 0) is 26.2 Å². The number of nitrogens with zero attached hydrogens (tertiary/aromatic N) is 2. The molecule has 2 aromatic rings. The van der Waals surface area contributed by atoms with Gasteiger partial charge in [-0.3, -0.25) is 13.9 Å². The predicted molar refractivity (Wildman–Crippen MR) is 139 cm³/mol. The fraction of sp³-hybridized carbons (Fsp3) is 0.440. The molecule has 2 amide bonds. The fourth-order valence-electron chi connectivity index (χ4n) is 3.51. The van der Waals surface area contributed by atoms with Crippen LogP contribution in [0.2, 0.25) is 5.02 Å². The van der Waals surface area contributed by atoms with Crippen molar-refractivity contribution in [1.82, 2.24) is 10.2 Å². The minimum atomic E-state index is -3.81. The molecule has 2 rings (SSSR count). The number of hydrogen-bond acceptors (Lipinski definition) is 5. The van der Waals surface area contributed by atoms with Crippen molar-refractivity contribution in [3.8, 4) is 5.75 Å². The smallest absolute Gasteiger partial charge is 0.244 e. The summed E-state index contributed by atoms with van der Waals surface area (Å²) in [6.45, 7) is 6.82. The number of rotatable bonds is 11. The first-order valence-corrected chi connectivity index (χ1v) is 13.6. The van der Waals surface area contributed by atoms with E-state index in [0.29, 0.717) is 22.0 Å². The van der Waals surface area contributed by atoms with Crippen LogP contribution in [0, 0.1) is 6.92 Å². The van der Waals surface area contributed by atoms with E-state index in [4.69, 9.17) is 16.3 Å². The highest BCUT2D eigenvalue weighted by Crippen LogP contribution is 2.26. The van der Waals surface area contributed by atoms with Crippen molar-refractivity contribution < 1.29 is 22.7 Å². The lowest BCUT2D eigenvalue weighted by atomic mass is 10.1. The van der Waals surface area contributed by atoms with Gasteiger partial charge in [0.05, 0.1) is 19.1 Å². The SMILES string of the molecule is CCC(C)NC(=O)C(C)N(Cc1cccc(OC)c1)C(=O)CN(c1ccc(Cl)cc1C)S(C)(=O)=O. The van der Waals surface area contributed by atoms with Gasteiger partial charge in [-0.15, -0.1) is 0 Å². The topological polar surface area (TPSA) is 96.0 Å². The van der Waals surface area contributed by atoms with E-state index < -0.39 is 28.5 Å². The Morgan fingerprint density at radius 3 is 2.40 bits per heavy atom. The Morgan fingerprint density at radius 2 is 1.83 bits per heavy atom. The fourth-order valence-corrected chi connectivity index (χ4v) is 4.64. The largest absolute Gasteiger partial charge is 0.497 e. The molecule has 0 fully saturated rings. The van der Waals surface area contributed by atoms with Crippen molar-refractivity contribution in [2.45, 2.75) is 52.7 Å². The quantitative estimate of drug-likeness (QED) is 0.484. The Hall–Kier alpha value is -2.78. The summed E-state index contributed by atoms with van der Waals surface area (Å²) in [4.78, 5) is 27.9. The third-order valence-electron chi connectivity index (χ3n) is 5.76. The monoisotopic (exact) mass is 523 g/mol. The lowest BCUT2D eigenvalue weighted by molar-refractivity contribution is -0.139. The van der Waals surface area contributed by atoms with Gasteiger partial charge in [-0.25, -0.2) is 8.42 Å². The maximum atomic E-state index is 13.6. The van der Waals surface area contributed by atoms with Crippen molar-refractivity contribution in [2.24, 2.45) is 0 Å². The molecule has 0 bridgehead atoms. The number of hydrogen-bond donors (Lipinski definition) is 1. The number of ether oxygens (including phenoxy) is 1. The molecule has 10 heteroatoms. The van der Waals surface area contributed by atoms with E-state index >= 15 is 0 Å². The number of carbonyl (C=O) groups excluding carboxylic acids is 2. The summed E-state index contributed by atoms with van der Waals surface area (Å²) in [6.07, 6.45) is 1.78. The molecule has 0 spiro atoms. The number of carbonyl (C=O) groups is 2. The maximum Gasteiger partial charge on any atom is 0.244 e. The number of nitrogens with one attached hydrogen (secondary N) is 1. The lowest BCUT2D eigenvalue weighted by Gasteiger charge is -2.32. The summed E-state index contributed by atoms with van der Waals surface area (Å²) in [7, 11) is -2.27. The summed E-state index contributed by atoms with van der Waals surface area (Å²) >= 11 is 6.04. The summed E-state index contributed by atoms with van der Waals surface area (Å²) in [6, 6.07) is 11.0. The highest BCUT2D eigenvalue weighted by Gasteiger charge is 2.31. The van der Waals surface area contributed by atoms with Crippen LogP contribution in [0.15, 0.2) is 42.5 Å². The van der Waals surface area contributed by atoms with Gasteiger partial charge in [-0.2, -0.15) is 0 Å². The zero-order valence-corrected chi connectivity index (χ0v) is 22.6. The average Bonchev–Trinajstić information content (AvgIpc) is 2.80. The summed E-state index contributed by atoms with van der Waals surface area (Å²) in [5.41, 5.74) is 1.70. The molecule has 2 aromatic carbocycles. The predicted octanol–water partition coefficient (Wildman–Crippen LogP) is 3.76. The Balaban J connectivity index is 2.43. The van der Waals surface area contributed by atoms with E-state index in [-0.39, 0.29) is 18.5 Å². The number of anilines is 1. The van der Waals surface area contributed by atoms with E-state index in [2.05, 4.69) is 5.32 Å². The van der Waals surface area contributed by atoms with Gasteiger partial charge in [0.25, 0.3) is 0 Å². The molecule has 0 aromatic heterocycles. The van der Waals surface area contributed by atoms with E-state index in [0.717, 1.165) is 22.5 Å². The van der Waals surface area contributed by atoms with Crippen LogP contribution in [0.5, 0.6) is 5.75 Å². The van der Waals surface area contributed by atoms with Gasteiger partial charge in [-0.1, -0.05) is 30.7 Å². The molecule has 2 unspecified atom stereocenters. The van der Waals surface area contributed by atoms with Gasteiger partial charge in [0.1, 0.15) is 18.3 Å². The standard InChI is InChI=1S/C25H34ClN3O5S/c1-7-18(3)27-25(31)19(4)28(15-20-9-8-10-22(14-20)34-5)24(30)16-29(35(6,32)33)23-12-11-21(26)13-17(23)2/h8-14,18-19H,7,15-16H2,1-6H3,(H,27,31). The normalized spacial score (nSPS) is 13.0. The Morgan fingerprint density at radius 1 is 1.14 bits per heavy atom. The van der Waals surface area contributed by atoms with Gasteiger partial charge >= 0.3 is 0 Å². The molecule has 0 aliphatic heterocycles. The molecule has 0 aliphatic carbocycles. The minimum Gasteiger partial charge on any atom is -0.497 e. The minimum absolute atomic E-state index is 0.0667. The van der Waals surface area contributed by atoms with E-state index in [1.165, 1.54) is 4.90 Å². The Labute approximate surface area is 213 Å². The van der Waals surface area contributed by atoms with E-state index in [1.807, 2.05) is 19.9 Å². The second-order valence-electron chi connectivity index (χ2n) is 8.57. The molecule has 1 N–H and O–H groups in total. The van der Waals surface area contributed by atoms with Crippen molar-refractivity contribution in [1.29, 1.82) is 0 Å². The molecule has 0 aliphatic rings. The molecule has 0 saturated carbocycles. The second-order valence-corrected chi connectivity index (χ2v) is 10.9. The number of aryl methyl sites for hydroxylation is 1. The van der Waals surface area contributed by atoms with Crippen molar-refractivity contribution >= 4 is 39.1 Å². The molecular formula is C25H34ClN3O5S. The van der Waals surface area contributed by atoms with Gasteiger partial charge in [0.15, 0.2) is 0 Å². The third-order valence-corrected chi connectivity index (χ3v) is 7.12. The van der Waals surface area contributed by atoms with Crippen LogP contribution in [0.1, 0.15) is 38.3 Å². The lowest BCUT2D eigenvalue weighted by Crippen LogP contribution is -2.52. The highest BCUT2D eigenvalue weighted by molar-refractivity contribution is 7.92. The molecule has 0 heterocycles. The maximum absolute atomic E-state index is 13.6. The van der Waals surface area contributed by atoms with Gasteiger partial charge < -0.3 is 15.0 Å². The van der Waals surface area contributed by atoms with Crippen LogP contribution >= 0.6 is 11.6 Å². The van der Waals surface area contributed by atoms with Crippen LogP contribution in [0.25, 0.3) is 0 Å². The first-order valence-electron chi connectivity index (χ1n) is 11.3. The molecule has 0 saturated heterocycles. The Kier molecular flexibility index (Phi) is 9.97. The molecule has 8 nitrogen and oxygen atoms in total.